The molecule has 2 fully saturated rings. The minimum absolute atomic E-state index is 0.109. The molecule has 554 valence electrons. The molecule has 7 aliphatic rings. The third kappa shape index (κ3) is 16.1. The Morgan fingerprint density at radius 3 is 1.83 bits per heavy atom. The van der Waals surface area contributed by atoms with Gasteiger partial charge in [0.1, 0.15) is 114 Å². The molecule has 7 aliphatic heterocycles. The van der Waals surface area contributed by atoms with Gasteiger partial charge in [-0.15, -0.1) is 0 Å². The summed E-state index contributed by atoms with van der Waals surface area (Å²) in [5.41, 5.74) is 2.74. The number of aromatic hydroxyl groups is 3. The van der Waals surface area contributed by atoms with E-state index < -0.39 is 249 Å². The predicted molar refractivity (Wildman–Crippen MR) is 352 cm³/mol. The van der Waals surface area contributed by atoms with Gasteiger partial charge in [0.15, 0.2) is 23.8 Å². The number of hydrogen-bond acceptors (Lipinski definition) is 27. The molecule has 11 bridgehead atoms. The van der Waals surface area contributed by atoms with Crippen LogP contribution in [-0.2, 0) is 52.7 Å². The van der Waals surface area contributed by atoms with E-state index in [2.05, 4.69) is 37.2 Å². The second-order valence-electron chi connectivity index (χ2n) is 25.5. The summed E-state index contributed by atoms with van der Waals surface area (Å²) in [5.74, 6) is -16.4. The molecule has 0 aliphatic carbocycles. The van der Waals surface area contributed by atoms with Gasteiger partial charge in [-0.1, -0.05) is 55.2 Å². The van der Waals surface area contributed by atoms with Gasteiger partial charge < -0.3 is 128 Å². The number of likely N-dealkylation sites (N-methyl/N-ethyl adjacent to an activating group) is 1. The number of hydroxylamine groups is 2. The van der Waals surface area contributed by atoms with E-state index in [0.29, 0.717) is 0 Å². The molecule has 0 unspecified atom stereocenters. The first kappa shape index (κ1) is 76.4. The Balaban J connectivity index is 1.21. The first-order chi connectivity index (χ1) is 48.7. The first-order valence-electron chi connectivity index (χ1n) is 31.9. The van der Waals surface area contributed by atoms with Gasteiger partial charge in [-0.2, -0.15) is 5.06 Å². The lowest BCUT2D eigenvalue weighted by atomic mass is 9.89. The van der Waals surface area contributed by atoms with Crippen molar-refractivity contribution in [2.75, 3.05) is 20.7 Å². The van der Waals surface area contributed by atoms with Crippen molar-refractivity contribution in [2.24, 2.45) is 11.7 Å². The summed E-state index contributed by atoms with van der Waals surface area (Å²) in [6, 6.07) is -1.15. The van der Waals surface area contributed by atoms with Crippen molar-refractivity contribution >= 4 is 70.5 Å². The van der Waals surface area contributed by atoms with Crippen LogP contribution >= 0.6 is 23.2 Å². The number of carboxylic acid groups (broad SMARTS) is 1. The average molecular weight is 1480 g/mol. The van der Waals surface area contributed by atoms with Crippen LogP contribution in [0.1, 0.15) is 91.8 Å². The number of ether oxygens (including phenoxy) is 5. The minimum Gasteiger partial charge on any atom is -0.508 e. The fourth-order valence-electron chi connectivity index (χ4n) is 12.5. The van der Waals surface area contributed by atoms with Crippen LogP contribution in [0.25, 0.3) is 11.1 Å². The molecule has 0 saturated carbocycles. The number of benzene rings is 5. The van der Waals surface area contributed by atoms with E-state index >= 15 is 14.4 Å². The predicted octanol–water partition coefficient (Wildman–Crippen LogP) is -1.43. The maximum Gasteiger partial charge on any atom is 0.330 e. The van der Waals surface area contributed by atoms with Gasteiger partial charge in [0.25, 0.3) is 0 Å². The zero-order valence-corrected chi connectivity index (χ0v) is 56.5. The summed E-state index contributed by atoms with van der Waals surface area (Å²) >= 11 is 14.0. The highest BCUT2D eigenvalue weighted by atomic mass is 35.5. The smallest absolute Gasteiger partial charge is 0.330 e. The molecule has 35 nitrogen and oxygen atoms in total. The molecular formula is C66H75Cl2N9O26. The van der Waals surface area contributed by atoms with E-state index in [1.165, 1.54) is 20.0 Å². The number of nitrogens with one attached hydrogen (secondary N) is 7. The number of carboxylic acids is 1. The van der Waals surface area contributed by atoms with Gasteiger partial charge in [0.2, 0.25) is 53.4 Å². The van der Waals surface area contributed by atoms with Gasteiger partial charge in [-0.05, 0) is 103 Å². The SMILES string of the molecule is CN[C@H](CC(C)C)C(=O)N[C@H]1C(=O)N[C@@H](CC(N)=O)C(=O)N[C@H]2C(=O)N[C@H]3C(=O)N[C@H](C(=O)N[C@H](C(=O)O)c4cc(O)cc(O)c4-c4cc3ccc4O)[C@H](O)c3ccc(c(Cl)c3)Oc3cc2cc(c3O[C@@H]2O[C@H](CN(OC)[C@@H]3O[C@@H](C)[C@H](O)[C@@H](O)[C@H]3O)[C@@H](O)[C@H](O)[C@H]2O)Oc2ccc(cc2Cl)[C@H]1O. The number of carbonyl (C=O) groups is 8. The van der Waals surface area contributed by atoms with E-state index in [1.54, 1.807) is 13.8 Å². The zero-order chi connectivity index (χ0) is 75.1. The molecular weight excluding hydrogens is 1410 g/mol. The van der Waals surface area contributed by atoms with Crippen molar-refractivity contribution in [3.8, 4) is 57.1 Å². The third-order valence-electron chi connectivity index (χ3n) is 17.9. The summed E-state index contributed by atoms with van der Waals surface area (Å²) in [5, 5.41) is 154. The lowest BCUT2D eigenvalue weighted by molar-refractivity contribution is -0.341. The molecule has 19 atom stereocenters. The number of phenols is 3. The van der Waals surface area contributed by atoms with Crippen molar-refractivity contribution in [3.05, 3.63) is 117 Å². The topological polar surface area (TPSA) is 548 Å². The number of hydrogen-bond donors (Lipinski definition) is 20. The Labute approximate surface area is 594 Å². The molecule has 7 heterocycles. The minimum atomic E-state index is -2.37. The van der Waals surface area contributed by atoms with Crippen LogP contribution in [-0.4, -0.2) is 220 Å². The average Bonchev–Trinajstić information content (AvgIpc) is 0.780. The van der Waals surface area contributed by atoms with Gasteiger partial charge in [0, 0.05) is 22.8 Å². The molecule has 0 aromatic heterocycles. The quantitative estimate of drug-likeness (QED) is 0.0567. The van der Waals surface area contributed by atoms with E-state index in [4.69, 9.17) is 57.5 Å². The lowest BCUT2D eigenvalue weighted by Gasteiger charge is -2.46. The van der Waals surface area contributed by atoms with Crippen LogP contribution in [0.15, 0.2) is 78.9 Å². The van der Waals surface area contributed by atoms with Crippen LogP contribution in [0.2, 0.25) is 10.0 Å². The summed E-state index contributed by atoms with van der Waals surface area (Å²) in [4.78, 5) is 122. The fraction of sp³-hybridized carbons (Fsp3) is 0.424. The number of amides is 7. The van der Waals surface area contributed by atoms with Crippen molar-refractivity contribution < 1.29 is 128 Å². The molecule has 103 heavy (non-hydrogen) atoms. The van der Waals surface area contributed by atoms with E-state index in [1.807, 2.05) is 0 Å². The maximum atomic E-state index is 16.0. The molecule has 0 radical (unpaired) electrons. The molecule has 0 spiro atoms. The van der Waals surface area contributed by atoms with E-state index in [0.717, 1.165) is 85.0 Å². The van der Waals surface area contributed by atoms with Crippen LogP contribution in [0.5, 0.6) is 46.0 Å². The van der Waals surface area contributed by atoms with Gasteiger partial charge in [0.05, 0.1) is 42.3 Å². The highest BCUT2D eigenvalue weighted by molar-refractivity contribution is 6.32. The number of aliphatic carboxylic acids is 1. The Kier molecular flexibility index (Phi) is 23.2. The monoisotopic (exact) mass is 1480 g/mol. The standard InChI is InChI=1S/C66H75Cl2N9O26/c1-22(2)12-33(70-4)58(90)75-47-50(83)25-7-10-37(31(67)14-25)100-39-16-27-17-40(57(39)103-66-56(89)54(87)52(85)41(102-66)21-77(98-5)64-55(88)53(86)49(82)23(3)99-64)101-38-11-8-26(15-32(38)68)51(84)48-63(95)74-46(65(96)97)30-18-28(78)19-36(80)43(30)29-13-24(6-9-35(29)79)44(60(92)76-48)73-61(93)45(27)72-59(91)34(20-42(69)81)71-62(47)94/h6-11,13-19,22-23,33-34,41,44-56,64,66,70,78-80,82-89H,12,20-21H2,1-5H3,(H2,69,81)(H,71,94)(H,72,91)(H,73,93)(H,74,95)(H,75,90)(H,76,92)(H,96,97)/t23-,33+,34-,41+,44+,45+,46-,47+,48-,49-,50+,51+,52+,53+,54-,55+,56+,64+,66-/m0/s1. The van der Waals surface area contributed by atoms with Crippen molar-refractivity contribution in [1.29, 1.82) is 0 Å². The van der Waals surface area contributed by atoms with Crippen molar-refractivity contribution in [1.82, 2.24) is 42.3 Å². The van der Waals surface area contributed by atoms with Gasteiger partial charge in [-0.25, -0.2) is 4.79 Å². The second kappa shape index (κ2) is 31.4. The normalized spacial score (nSPS) is 29.2. The highest BCUT2D eigenvalue weighted by Gasteiger charge is 2.51. The number of nitrogens with zero attached hydrogens (tertiary/aromatic N) is 1. The highest BCUT2D eigenvalue weighted by Crippen LogP contribution is 2.49. The van der Waals surface area contributed by atoms with Crippen LogP contribution in [0, 0.1) is 5.92 Å². The van der Waals surface area contributed by atoms with Gasteiger partial charge in [-0.3, -0.25) is 38.4 Å². The molecule has 7 amide bonds. The summed E-state index contributed by atoms with van der Waals surface area (Å²) in [6.07, 6.45) is -23.7. The van der Waals surface area contributed by atoms with Crippen molar-refractivity contribution in [3.63, 3.8) is 0 Å². The lowest BCUT2D eigenvalue weighted by Crippen LogP contribution is -2.65. The molecule has 37 heteroatoms. The number of carbonyl (C=O) groups excluding carboxylic acids is 7. The Morgan fingerprint density at radius 2 is 1.23 bits per heavy atom. The number of halogens is 2. The van der Waals surface area contributed by atoms with Crippen LogP contribution in [0.3, 0.4) is 0 Å². The first-order valence-corrected chi connectivity index (χ1v) is 32.7. The number of phenolic OH excluding ortho intramolecular Hbond substituents is 3. The molecule has 12 rings (SSSR count). The number of aliphatic hydroxyl groups is 8. The van der Waals surface area contributed by atoms with Crippen molar-refractivity contribution in [2.45, 2.75) is 149 Å². The molecule has 21 N–H and O–H groups in total. The number of nitrogens with two attached hydrogens (primary N) is 1. The van der Waals surface area contributed by atoms with E-state index in [9.17, 15) is 85.3 Å². The third-order valence-corrected chi connectivity index (χ3v) is 18.5. The van der Waals surface area contributed by atoms with Crippen LogP contribution in [0.4, 0.5) is 0 Å². The molecule has 5 aromatic rings. The number of primary amides is 1. The number of aliphatic hydroxyl groups excluding tert-OH is 8. The summed E-state index contributed by atoms with van der Waals surface area (Å²) in [7, 11) is 2.57. The van der Waals surface area contributed by atoms with Gasteiger partial charge >= 0.3 is 5.97 Å². The zero-order valence-electron chi connectivity index (χ0n) is 55.0. The number of rotatable bonds is 14. The van der Waals surface area contributed by atoms with E-state index in [-0.39, 0.29) is 34.8 Å². The Morgan fingerprint density at radius 1 is 0.641 bits per heavy atom. The summed E-state index contributed by atoms with van der Waals surface area (Å²) in [6.45, 7) is 4.30. The molecule has 5 aromatic carbocycles. The second-order valence-corrected chi connectivity index (χ2v) is 26.3. The maximum absolute atomic E-state index is 16.0. The van der Waals surface area contributed by atoms with Crippen LogP contribution < -0.4 is 57.2 Å². The Bertz CT molecular complexity index is 4120. The molecule has 2 saturated heterocycles. The fourth-order valence-corrected chi connectivity index (χ4v) is 12.9. The Hall–Kier alpha value is -9.28. The summed E-state index contributed by atoms with van der Waals surface area (Å²) < 4.78 is 31.5. The largest absolute Gasteiger partial charge is 0.508 e. The number of fused-ring (bicyclic) bond motifs is 15.